The normalized spacial score (nSPS) is 9.67. The van der Waals surface area contributed by atoms with Gasteiger partial charge in [0.05, 0.1) is 0 Å². The molecule has 4 heteroatoms. The molecule has 0 fully saturated rings. The number of carbonyl (C=O) groups is 1. The molecule has 0 aliphatic heterocycles. The molecule has 0 radical (unpaired) electrons. The van der Waals surface area contributed by atoms with Crippen LogP contribution in [0.5, 0.6) is 0 Å². The van der Waals surface area contributed by atoms with Crippen LogP contribution in [0.1, 0.15) is 24.0 Å². The number of rotatable bonds is 7. The molecule has 102 valence electrons. The van der Waals surface area contributed by atoms with Gasteiger partial charge in [0.1, 0.15) is 0 Å². The second-order valence-corrected chi connectivity index (χ2v) is 4.29. The molecule has 0 aliphatic rings. The Morgan fingerprint density at radius 1 is 1.17 bits per heavy atom. The standard InChI is InChI=1S/C14H22N2O.ClH/c1-12-6-8-13(9-7-12)4-3-5-14(17)16-11-10-15-2;/h6-9,15H,3-5,10-11H2,1-2H3,(H,16,17);1H. The highest BCUT2D eigenvalue weighted by atomic mass is 35.5. The van der Waals surface area contributed by atoms with Crippen LogP contribution in [0.4, 0.5) is 0 Å². The Morgan fingerprint density at radius 3 is 2.44 bits per heavy atom. The fourth-order valence-electron chi connectivity index (χ4n) is 1.62. The molecule has 0 unspecified atom stereocenters. The summed E-state index contributed by atoms with van der Waals surface area (Å²) in [5.74, 6) is 0.146. The van der Waals surface area contributed by atoms with Gasteiger partial charge in [0.25, 0.3) is 0 Å². The SMILES string of the molecule is CNCCNC(=O)CCCc1ccc(C)cc1.Cl. The summed E-state index contributed by atoms with van der Waals surface area (Å²) in [6, 6.07) is 8.49. The molecule has 0 saturated carbocycles. The summed E-state index contributed by atoms with van der Waals surface area (Å²) in [6.45, 7) is 3.61. The van der Waals surface area contributed by atoms with Crippen molar-refractivity contribution in [3.8, 4) is 0 Å². The van der Waals surface area contributed by atoms with Gasteiger partial charge in [0.2, 0.25) is 5.91 Å². The number of hydrogen-bond donors (Lipinski definition) is 2. The summed E-state index contributed by atoms with van der Waals surface area (Å²) in [5, 5.41) is 5.87. The third-order valence-electron chi connectivity index (χ3n) is 2.69. The number of likely N-dealkylation sites (N-methyl/N-ethyl adjacent to an activating group) is 1. The van der Waals surface area contributed by atoms with Gasteiger partial charge in [-0.2, -0.15) is 0 Å². The van der Waals surface area contributed by atoms with Crippen molar-refractivity contribution in [2.45, 2.75) is 26.2 Å². The van der Waals surface area contributed by atoms with Crippen molar-refractivity contribution in [1.29, 1.82) is 0 Å². The largest absolute Gasteiger partial charge is 0.355 e. The molecule has 0 spiro atoms. The first-order valence-corrected chi connectivity index (χ1v) is 6.19. The number of halogens is 1. The summed E-state index contributed by atoms with van der Waals surface area (Å²) in [7, 11) is 1.88. The van der Waals surface area contributed by atoms with Crippen LogP contribution in [-0.4, -0.2) is 26.0 Å². The first-order chi connectivity index (χ1) is 8.22. The Bertz CT molecular complexity index is 338. The average molecular weight is 271 g/mol. The molecule has 18 heavy (non-hydrogen) atoms. The number of benzene rings is 1. The molecule has 0 aromatic heterocycles. The van der Waals surface area contributed by atoms with Crippen molar-refractivity contribution in [3.63, 3.8) is 0 Å². The van der Waals surface area contributed by atoms with Crippen LogP contribution in [0, 0.1) is 6.92 Å². The van der Waals surface area contributed by atoms with Crippen LogP contribution < -0.4 is 10.6 Å². The lowest BCUT2D eigenvalue weighted by atomic mass is 10.1. The Labute approximate surface area is 116 Å². The van der Waals surface area contributed by atoms with Crippen LogP contribution in [0.2, 0.25) is 0 Å². The van der Waals surface area contributed by atoms with Gasteiger partial charge in [-0.25, -0.2) is 0 Å². The highest BCUT2D eigenvalue weighted by molar-refractivity contribution is 5.85. The third kappa shape index (κ3) is 7.30. The van der Waals surface area contributed by atoms with E-state index in [4.69, 9.17) is 0 Å². The minimum atomic E-state index is 0. The second-order valence-electron chi connectivity index (χ2n) is 4.29. The second kappa shape index (κ2) is 9.92. The van der Waals surface area contributed by atoms with Crippen LogP contribution >= 0.6 is 12.4 Å². The molecule has 0 bridgehead atoms. The first-order valence-electron chi connectivity index (χ1n) is 6.19. The summed E-state index contributed by atoms with van der Waals surface area (Å²) >= 11 is 0. The molecule has 0 atom stereocenters. The quantitative estimate of drug-likeness (QED) is 0.745. The molecule has 1 aromatic rings. The van der Waals surface area contributed by atoms with Gasteiger partial charge in [-0.1, -0.05) is 29.8 Å². The fourth-order valence-corrected chi connectivity index (χ4v) is 1.62. The fraction of sp³-hybridized carbons (Fsp3) is 0.500. The van der Waals surface area contributed by atoms with Crippen molar-refractivity contribution < 1.29 is 4.79 Å². The van der Waals surface area contributed by atoms with Gasteiger partial charge < -0.3 is 10.6 Å². The maximum atomic E-state index is 11.4. The van der Waals surface area contributed by atoms with E-state index in [-0.39, 0.29) is 18.3 Å². The molecular formula is C14H23ClN2O. The summed E-state index contributed by atoms with van der Waals surface area (Å²) < 4.78 is 0. The predicted octanol–water partition coefficient (Wildman–Crippen LogP) is 2.08. The van der Waals surface area contributed by atoms with Gasteiger partial charge in [-0.3, -0.25) is 4.79 Å². The van der Waals surface area contributed by atoms with Crippen LogP contribution in [-0.2, 0) is 11.2 Å². The van der Waals surface area contributed by atoms with E-state index in [0.29, 0.717) is 13.0 Å². The van der Waals surface area contributed by atoms with Gasteiger partial charge in [0, 0.05) is 19.5 Å². The van der Waals surface area contributed by atoms with E-state index in [1.807, 2.05) is 7.05 Å². The van der Waals surface area contributed by atoms with Crippen LogP contribution in [0.25, 0.3) is 0 Å². The molecule has 1 rings (SSSR count). The summed E-state index contributed by atoms with van der Waals surface area (Å²) in [5.41, 5.74) is 2.58. The Morgan fingerprint density at radius 2 is 1.83 bits per heavy atom. The topological polar surface area (TPSA) is 41.1 Å². The molecule has 1 aromatic carbocycles. The minimum Gasteiger partial charge on any atom is -0.355 e. The van der Waals surface area contributed by atoms with Crippen LogP contribution in [0.15, 0.2) is 24.3 Å². The number of aryl methyl sites for hydroxylation is 2. The predicted molar refractivity (Wildman–Crippen MR) is 78.3 cm³/mol. The van der Waals surface area contributed by atoms with Gasteiger partial charge in [-0.05, 0) is 32.4 Å². The van der Waals surface area contributed by atoms with Gasteiger partial charge >= 0.3 is 0 Å². The maximum Gasteiger partial charge on any atom is 0.220 e. The van der Waals surface area contributed by atoms with Gasteiger partial charge in [-0.15, -0.1) is 12.4 Å². The van der Waals surface area contributed by atoms with Crippen LogP contribution in [0.3, 0.4) is 0 Å². The molecule has 0 aliphatic carbocycles. The molecule has 0 heterocycles. The number of hydrogen-bond acceptors (Lipinski definition) is 2. The van der Waals surface area contributed by atoms with E-state index < -0.39 is 0 Å². The lowest BCUT2D eigenvalue weighted by molar-refractivity contribution is -0.121. The van der Waals surface area contributed by atoms with Crippen molar-refractivity contribution in [1.82, 2.24) is 10.6 Å². The zero-order chi connectivity index (χ0) is 12.5. The maximum absolute atomic E-state index is 11.4. The zero-order valence-corrected chi connectivity index (χ0v) is 12.0. The monoisotopic (exact) mass is 270 g/mol. The zero-order valence-electron chi connectivity index (χ0n) is 11.2. The smallest absolute Gasteiger partial charge is 0.220 e. The number of amides is 1. The molecule has 0 saturated heterocycles. The summed E-state index contributed by atoms with van der Waals surface area (Å²) in [6.07, 6.45) is 2.49. The minimum absolute atomic E-state index is 0. The number of carbonyl (C=O) groups excluding carboxylic acids is 1. The molecular weight excluding hydrogens is 248 g/mol. The van der Waals surface area contributed by atoms with Crippen molar-refractivity contribution in [2.75, 3.05) is 20.1 Å². The Balaban J connectivity index is 0.00000289. The van der Waals surface area contributed by atoms with E-state index in [2.05, 4.69) is 41.8 Å². The summed E-state index contributed by atoms with van der Waals surface area (Å²) in [4.78, 5) is 11.4. The molecule has 3 nitrogen and oxygen atoms in total. The van der Waals surface area contributed by atoms with E-state index in [9.17, 15) is 4.79 Å². The van der Waals surface area contributed by atoms with E-state index in [1.54, 1.807) is 0 Å². The van der Waals surface area contributed by atoms with Crippen molar-refractivity contribution in [3.05, 3.63) is 35.4 Å². The van der Waals surface area contributed by atoms with Gasteiger partial charge in [0.15, 0.2) is 0 Å². The molecule has 1 amide bonds. The Kier molecular flexibility index (Phi) is 9.33. The molecule has 2 N–H and O–H groups in total. The van der Waals surface area contributed by atoms with E-state index in [0.717, 1.165) is 19.4 Å². The van der Waals surface area contributed by atoms with E-state index in [1.165, 1.54) is 11.1 Å². The lowest BCUT2D eigenvalue weighted by Crippen LogP contribution is -2.30. The number of nitrogens with one attached hydrogen (secondary N) is 2. The first kappa shape index (κ1) is 16.9. The average Bonchev–Trinajstić information content (AvgIpc) is 2.32. The highest BCUT2D eigenvalue weighted by Crippen LogP contribution is 2.06. The van der Waals surface area contributed by atoms with E-state index >= 15 is 0 Å². The Hall–Kier alpha value is -1.06. The van der Waals surface area contributed by atoms with Crippen molar-refractivity contribution >= 4 is 18.3 Å². The highest BCUT2D eigenvalue weighted by Gasteiger charge is 2.00. The third-order valence-corrected chi connectivity index (χ3v) is 2.69. The van der Waals surface area contributed by atoms with Crippen molar-refractivity contribution in [2.24, 2.45) is 0 Å². The lowest BCUT2D eigenvalue weighted by Gasteiger charge is -2.05.